The van der Waals surface area contributed by atoms with Crippen LogP contribution >= 0.6 is 0 Å². The lowest BCUT2D eigenvalue weighted by atomic mass is 9.98. The minimum Gasteiger partial charge on any atom is -0.480 e. The Kier molecular flexibility index (Phi) is 4.67. The predicted molar refractivity (Wildman–Crippen MR) is 88.9 cm³/mol. The first-order valence-corrected chi connectivity index (χ1v) is 7.75. The monoisotopic (exact) mass is 364 g/mol. The molecule has 26 heavy (non-hydrogen) atoms. The van der Waals surface area contributed by atoms with Gasteiger partial charge in [0.15, 0.2) is 0 Å². The minimum atomic E-state index is -4.66. The van der Waals surface area contributed by atoms with Gasteiger partial charge in [-0.05, 0) is 18.1 Å². The van der Waals surface area contributed by atoms with Gasteiger partial charge in [-0.1, -0.05) is 18.2 Å². The summed E-state index contributed by atoms with van der Waals surface area (Å²) in [4.78, 5) is 19.8. The van der Waals surface area contributed by atoms with Gasteiger partial charge in [0.1, 0.15) is 0 Å². The molecule has 0 atom stereocenters. The van der Waals surface area contributed by atoms with E-state index in [4.69, 9.17) is 4.74 Å². The van der Waals surface area contributed by atoms with Crippen molar-refractivity contribution in [1.82, 2.24) is 9.97 Å². The number of halogens is 3. The van der Waals surface area contributed by atoms with Crippen LogP contribution in [0.3, 0.4) is 0 Å². The van der Waals surface area contributed by atoms with E-state index >= 15 is 0 Å². The molecular formula is C18H15F3N2O3. The molecule has 0 fully saturated rings. The third kappa shape index (κ3) is 3.14. The van der Waals surface area contributed by atoms with Gasteiger partial charge in [-0.2, -0.15) is 13.2 Å². The zero-order valence-electron chi connectivity index (χ0n) is 14.1. The second-order valence-electron chi connectivity index (χ2n) is 5.59. The van der Waals surface area contributed by atoms with Gasteiger partial charge >= 0.3 is 12.1 Å². The van der Waals surface area contributed by atoms with Gasteiger partial charge in [-0.25, -0.2) is 4.98 Å². The second kappa shape index (κ2) is 6.78. The van der Waals surface area contributed by atoms with Crippen LogP contribution in [0.2, 0.25) is 0 Å². The molecule has 0 bridgehead atoms. The maximum atomic E-state index is 13.9. The van der Waals surface area contributed by atoms with Crippen LogP contribution in [-0.2, 0) is 22.1 Å². The molecule has 3 aromatic rings. The molecule has 0 aliphatic carbocycles. The number of carbonyl (C=O) groups excluding carboxylic acids is 1. The molecule has 0 saturated heterocycles. The number of para-hydroxylation sites is 1. The summed E-state index contributed by atoms with van der Waals surface area (Å²) in [5.41, 5.74) is -0.353. The molecule has 2 heterocycles. The Bertz CT molecular complexity index is 987. The molecule has 1 aromatic carbocycles. The van der Waals surface area contributed by atoms with Crippen molar-refractivity contribution in [3.8, 4) is 5.88 Å². The van der Waals surface area contributed by atoms with E-state index in [0.717, 1.165) is 6.20 Å². The normalized spacial score (nSPS) is 11.7. The number of aromatic nitrogens is 2. The van der Waals surface area contributed by atoms with Crippen LogP contribution < -0.4 is 4.74 Å². The number of carbonyl (C=O) groups is 1. The highest BCUT2D eigenvalue weighted by molar-refractivity contribution is 6.07. The van der Waals surface area contributed by atoms with E-state index in [9.17, 15) is 18.0 Å². The van der Waals surface area contributed by atoms with Crippen LogP contribution in [0.4, 0.5) is 13.2 Å². The summed E-state index contributed by atoms with van der Waals surface area (Å²) in [6, 6.07) is 6.77. The molecule has 0 radical (unpaired) electrons. The number of methoxy groups -OCH3 is 2. The first-order chi connectivity index (χ1) is 12.4. The summed E-state index contributed by atoms with van der Waals surface area (Å²) in [6.45, 7) is 0. The van der Waals surface area contributed by atoms with Gasteiger partial charge in [0.25, 0.3) is 0 Å². The fourth-order valence-corrected chi connectivity index (χ4v) is 2.90. The van der Waals surface area contributed by atoms with Crippen LogP contribution in [0.1, 0.15) is 17.5 Å². The molecule has 0 aliphatic heterocycles. The fourth-order valence-electron chi connectivity index (χ4n) is 2.90. The summed E-state index contributed by atoms with van der Waals surface area (Å²) >= 11 is 0. The number of pyridine rings is 2. The number of nitrogens with zero attached hydrogens (tertiary/aromatic N) is 2. The van der Waals surface area contributed by atoms with Crippen LogP contribution in [-0.4, -0.2) is 30.2 Å². The van der Waals surface area contributed by atoms with Gasteiger partial charge in [0, 0.05) is 18.0 Å². The zero-order valence-corrected chi connectivity index (χ0v) is 14.1. The second-order valence-corrected chi connectivity index (χ2v) is 5.59. The first-order valence-electron chi connectivity index (χ1n) is 7.75. The van der Waals surface area contributed by atoms with E-state index < -0.39 is 17.7 Å². The van der Waals surface area contributed by atoms with Crippen molar-refractivity contribution in [2.24, 2.45) is 0 Å². The van der Waals surface area contributed by atoms with Gasteiger partial charge in [-0.3, -0.25) is 9.78 Å². The third-order valence-electron chi connectivity index (χ3n) is 4.06. The molecule has 0 amide bonds. The van der Waals surface area contributed by atoms with Crippen LogP contribution in [0, 0.1) is 0 Å². The molecular weight excluding hydrogens is 349 g/mol. The first kappa shape index (κ1) is 17.9. The minimum absolute atomic E-state index is 0.106. The lowest BCUT2D eigenvalue weighted by Gasteiger charge is -2.17. The van der Waals surface area contributed by atoms with Gasteiger partial charge in [0.2, 0.25) is 5.88 Å². The number of alkyl halides is 3. The molecule has 0 saturated carbocycles. The Labute approximate surface area is 146 Å². The van der Waals surface area contributed by atoms with Crippen molar-refractivity contribution < 1.29 is 27.4 Å². The number of rotatable bonds is 4. The average Bonchev–Trinajstić information content (AvgIpc) is 2.63. The zero-order chi connectivity index (χ0) is 18.9. The topological polar surface area (TPSA) is 61.3 Å². The van der Waals surface area contributed by atoms with E-state index in [-0.39, 0.29) is 35.2 Å². The van der Waals surface area contributed by atoms with Gasteiger partial charge in [-0.15, -0.1) is 0 Å². The van der Waals surface area contributed by atoms with Crippen LogP contribution in [0.5, 0.6) is 5.88 Å². The largest absolute Gasteiger partial charge is 0.480 e. The summed E-state index contributed by atoms with van der Waals surface area (Å²) < 4.78 is 51.3. The predicted octanol–water partition coefficient (Wildman–Crippen LogP) is 3.92. The number of aryl methyl sites for hydroxylation is 1. The molecule has 136 valence electrons. The highest BCUT2D eigenvalue weighted by Gasteiger charge is 2.37. The number of hydrogen-bond acceptors (Lipinski definition) is 5. The molecule has 0 unspecified atom stereocenters. The summed E-state index contributed by atoms with van der Waals surface area (Å²) in [5.74, 6) is -0.750. The highest BCUT2D eigenvalue weighted by Crippen LogP contribution is 2.42. The van der Waals surface area contributed by atoms with Crippen LogP contribution in [0.25, 0.3) is 21.8 Å². The van der Waals surface area contributed by atoms with Crippen molar-refractivity contribution in [1.29, 1.82) is 0 Å². The fraction of sp³-hybridized carbons (Fsp3) is 0.278. The van der Waals surface area contributed by atoms with E-state index in [1.165, 1.54) is 14.2 Å². The average molecular weight is 364 g/mol. The van der Waals surface area contributed by atoms with Crippen molar-refractivity contribution in [3.05, 3.63) is 41.6 Å². The number of fused-ring (bicyclic) bond motifs is 3. The molecule has 5 nitrogen and oxygen atoms in total. The Balaban J connectivity index is 2.34. The summed E-state index contributed by atoms with van der Waals surface area (Å²) in [7, 11) is 2.45. The number of ether oxygens (including phenoxy) is 2. The smallest absolute Gasteiger partial charge is 0.417 e. The summed E-state index contributed by atoms with van der Waals surface area (Å²) in [5, 5.41) is 0.286. The lowest BCUT2D eigenvalue weighted by Crippen LogP contribution is -2.13. The number of benzene rings is 1. The maximum Gasteiger partial charge on any atom is 0.417 e. The van der Waals surface area contributed by atoms with Crippen molar-refractivity contribution in [3.63, 3.8) is 0 Å². The van der Waals surface area contributed by atoms with Crippen molar-refractivity contribution >= 4 is 27.8 Å². The maximum absolute atomic E-state index is 13.9. The van der Waals surface area contributed by atoms with E-state index in [1.54, 1.807) is 24.3 Å². The molecule has 3 rings (SSSR count). The molecule has 8 heteroatoms. The van der Waals surface area contributed by atoms with Crippen molar-refractivity contribution in [2.75, 3.05) is 14.2 Å². The molecule has 0 aliphatic rings. The highest BCUT2D eigenvalue weighted by atomic mass is 19.4. The van der Waals surface area contributed by atoms with Gasteiger partial charge < -0.3 is 9.47 Å². The van der Waals surface area contributed by atoms with E-state index in [1.807, 2.05) is 0 Å². The quantitative estimate of drug-likeness (QED) is 0.519. The Hall–Kier alpha value is -2.90. The third-order valence-corrected chi connectivity index (χ3v) is 4.06. The van der Waals surface area contributed by atoms with E-state index in [2.05, 4.69) is 14.7 Å². The number of esters is 1. The molecule has 0 N–H and O–H groups in total. The standard InChI is InChI=1S/C18H15F3N2O3/c1-25-13(24)8-7-10-9-22-16-11-5-3-4-6-12(11)23-17(26-2)14(16)15(10)18(19,20)21/h3-6,9H,7-8H2,1-2H3. The SMILES string of the molecule is COC(=O)CCc1cnc2c(c(OC)nc3ccccc32)c1C(F)(F)F. The van der Waals surface area contributed by atoms with Crippen LogP contribution in [0.15, 0.2) is 30.5 Å². The molecule has 2 aromatic heterocycles. The van der Waals surface area contributed by atoms with Gasteiger partial charge in [0.05, 0.1) is 36.2 Å². The van der Waals surface area contributed by atoms with Crippen molar-refractivity contribution in [2.45, 2.75) is 19.0 Å². The Morgan fingerprint density at radius 3 is 2.58 bits per heavy atom. The molecule has 0 spiro atoms. The Morgan fingerprint density at radius 1 is 1.19 bits per heavy atom. The summed E-state index contributed by atoms with van der Waals surface area (Å²) in [6.07, 6.45) is -3.85. The Morgan fingerprint density at radius 2 is 1.92 bits per heavy atom. The lowest BCUT2D eigenvalue weighted by molar-refractivity contribution is -0.141. The van der Waals surface area contributed by atoms with E-state index in [0.29, 0.717) is 10.9 Å². The number of hydrogen-bond donors (Lipinski definition) is 0.